The second kappa shape index (κ2) is 8.79. The highest BCUT2D eigenvalue weighted by atomic mass is 16.5. The number of ether oxygens (including phenoxy) is 1. The molecule has 2 amide bonds. The van der Waals surface area contributed by atoms with Crippen molar-refractivity contribution in [3.8, 4) is 0 Å². The summed E-state index contributed by atoms with van der Waals surface area (Å²) in [5.74, 6) is -0.124. The molecule has 0 aromatic heterocycles. The van der Waals surface area contributed by atoms with E-state index in [0.717, 1.165) is 38.9 Å². The zero-order valence-electron chi connectivity index (χ0n) is 12.9. The SMILES string of the molecule is CCOC(=O)CCCNC1CCN(C(=O)N(C)C)CC1. The minimum atomic E-state index is -0.124. The molecule has 0 spiro atoms. The van der Waals surface area contributed by atoms with Crippen LogP contribution in [0.15, 0.2) is 0 Å². The Kier molecular flexibility index (Phi) is 7.36. The number of piperidine rings is 1. The van der Waals surface area contributed by atoms with Crippen molar-refractivity contribution in [2.45, 2.75) is 38.6 Å². The zero-order valence-corrected chi connectivity index (χ0v) is 12.9. The van der Waals surface area contributed by atoms with E-state index in [1.807, 2.05) is 11.8 Å². The molecule has 1 rings (SSSR count). The summed E-state index contributed by atoms with van der Waals surface area (Å²) < 4.78 is 4.88. The Labute approximate surface area is 121 Å². The maximum Gasteiger partial charge on any atom is 0.319 e. The number of nitrogens with one attached hydrogen (secondary N) is 1. The molecule has 0 atom stereocenters. The lowest BCUT2D eigenvalue weighted by Gasteiger charge is -2.34. The fraction of sp³-hybridized carbons (Fsp3) is 0.857. The van der Waals surface area contributed by atoms with Crippen LogP contribution in [0.5, 0.6) is 0 Å². The van der Waals surface area contributed by atoms with Crippen molar-refractivity contribution in [2.24, 2.45) is 0 Å². The van der Waals surface area contributed by atoms with Crippen LogP contribution >= 0.6 is 0 Å². The van der Waals surface area contributed by atoms with Crippen LogP contribution in [0.1, 0.15) is 32.6 Å². The molecular weight excluding hydrogens is 258 g/mol. The van der Waals surface area contributed by atoms with Crippen molar-refractivity contribution in [2.75, 3.05) is 40.3 Å². The van der Waals surface area contributed by atoms with Crippen LogP contribution in [0.25, 0.3) is 0 Å². The van der Waals surface area contributed by atoms with Gasteiger partial charge in [-0.3, -0.25) is 4.79 Å². The van der Waals surface area contributed by atoms with Crippen molar-refractivity contribution in [1.29, 1.82) is 0 Å². The van der Waals surface area contributed by atoms with Crippen molar-refractivity contribution >= 4 is 12.0 Å². The molecule has 1 heterocycles. The number of esters is 1. The van der Waals surface area contributed by atoms with E-state index >= 15 is 0 Å². The van der Waals surface area contributed by atoms with E-state index in [9.17, 15) is 9.59 Å². The number of likely N-dealkylation sites (tertiary alicyclic amines) is 1. The van der Waals surface area contributed by atoms with Crippen molar-refractivity contribution in [3.05, 3.63) is 0 Å². The van der Waals surface area contributed by atoms with Gasteiger partial charge in [0.05, 0.1) is 6.61 Å². The normalized spacial score (nSPS) is 16.1. The molecule has 0 aromatic rings. The Morgan fingerprint density at radius 2 is 1.95 bits per heavy atom. The number of hydrogen-bond donors (Lipinski definition) is 1. The predicted octanol–water partition coefficient (Wildman–Crippen LogP) is 1.07. The van der Waals surface area contributed by atoms with Gasteiger partial charge in [-0.1, -0.05) is 0 Å². The van der Waals surface area contributed by atoms with Gasteiger partial charge in [-0.2, -0.15) is 0 Å². The molecule has 0 bridgehead atoms. The Morgan fingerprint density at radius 1 is 1.30 bits per heavy atom. The van der Waals surface area contributed by atoms with Crippen LogP contribution < -0.4 is 5.32 Å². The fourth-order valence-corrected chi connectivity index (χ4v) is 2.33. The van der Waals surface area contributed by atoms with Crippen LogP contribution in [-0.4, -0.2) is 68.2 Å². The second-order valence-electron chi connectivity index (χ2n) is 5.30. The average Bonchev–Trinajstić information content (AvgIpc) is 2.43. The van der Waals surface area contributed by atoms with E-state index in [2.05, 4.69) is 5.32 Å². The Hall–Kier alpha value is -1.30. The lowest BCUT2D eigenvalue weighted by molar-refractivity contribution is -0.143. The molecule has 116 valence electrons. The zero-order chi connectivity index (χ0) is 15.0. The molecule has 20 heavy (non-hydrogen) atoms. The average molecular weight is 285 g/mol. The van der Waals surface area contributed by atoms with E-state index in [4.69, 9.17) is 4.74 Å². The summed E-state index contributed by atoms with van der Waals surface area (Å²) in [6, 6.07) is 0.536. The van der Waals surface area contributed by atoms with Gasteiger partial charge in [-0.05, 0) is 32.7 Å². The summed E-state index contributed by atoms with van der Waals surface area (Å²) >= 11 is 0. The summed E-state index contributed by atoms with van der Waals surface area (Å²) in [5.41, 5.74) is 0. The van der Waals surface area contributed by atoms with Gasteiger partial charge < -0.3 is 19.9 Å². The second-order valence-corrected chi connectivity index (χ2v) is 5.30. The topological polar surface area (TPSA) is 61.9 Å². The fourth-order valence-electron chi connectivity index (χ4n) is 2.33. The molecule has 1 saturated heterocycles. The van der Waals surface area contributed by atoms with Crippen molar-refractivity contribution in [1.82, 2.24) is 15.1 Å². The van der Waals surface area contributed by atoms with Crippen molar-refractivity contribution < 1.29 is 14.3 Å². The number of carbonyl (C=O) groups is 2. The molecule has 1 N–H and O–H groups in total. The molecule has 0 unspecified atom stereocenters. The van der Waals surface area contributed by atoms with Crippen molar-refractivity contribution in [3.63, 3.8) is 0 Å². The van der Waals surface area contributed by atoms with Gasteiger partial charge in [0.1, 0.15) is 0 Å². The Morgan fingerprint density at radius 3 is 2.50 bits per heavy atom. The molecule has 1 aliphatic heterocycles. The van der Waals surface area contributed by atoms with E-state index in [1.165, 1.54) is 0 Å². The molecule has 0 aromatic carbocycles. The summed E-state index contributed by atoms with van der Waals surface area (Å²) in [7, 11) is 3.56. The van der Waals surface area contributed by atoms with Crippen LogP contribution in [0.4, 0.5) is 4.79 Å². The first kappa shape index (κ1) is 16.8. The van der Waals surface area contributed by atoms with Crippen LogP contribution in [0.2, 0.25) is 0 Å². The van der Waals surface area contributed by atoms with Crippen LogP contribution in [0.3, 0.4) is 0 Å². The number of carbonyl (C=O) groups excluding carboxylic acids is 2. The highest BCUT2D eigenvalue weighted by Gasteiger charge is 2.23. The first-order chi connectivity index (χ1) is 9.54. The van der Waals surface area contributed by atoms with E-state index < -0.39 is 0 Å². The lowest BCUT2D eigenvalue weighted by Crippen LogP contribution is -2.48. The lowest BCUT2D eigenvalue weighted by atomic mass is 10.1. The van der Waals surface area contributed by atoms with Gasteiger partial charge in [0.25, 0.3) is 0 Å². The van der Waals surface area contributed by atoms with Gasteiger partial charge in [-0.15, -0.1) is 0 Å². The molecule has 0 radical (unpaired) electrons. The van der Waals surface area contributed by atoms with E-state index in [-0.39, 0.29) is 12.0 Å². The van der Waals surface area contributed by atoms with Crippen LogP contribution in [-0.2, 0) is 9.53 Å². The quantitative estimate of drug-likeness (QED) is 0.585. The Balaban J connectivity index is 2.11. The third-order valence-electron chi connectivity index (χ3n) is 3.44. The maximum atomic E-state index is 11.8. The summed E-state index contributed by atoms with van der Waals surface area (Å²) in [6.45, 7) is 4.69. The number of amides is 2. The highest BCUT2D eigenvalue weighted by Crippen LogP contribution is 2.11. The van der Waals surface area contributed by atoms with Gasteiger partial charge in [0, 0.05) is 39.6 Å². The van der Waals surface area contributed by atoms with Gasteiger partial charge in [0.2, 0.25) is 0 Å². The summed E-state index contributed by atoms with van der Waals surface area (Å²) in [5, 5.41) is 3.45. The number of urea groups is 1. The summed E-state index contributed by atoms with van der Waals surface area (Å²) in [4.78, 5) is 26.5. The summed E-state index contributed by atoms with van der Waals surface area (Å²) in [6.07, 6.45) is 3.21. The largest absolute Gasteiger partial charge is 0.466 e. The number of rotatable bonds is 6. The molecule has 1 fully saturated rings. The molecule has 0 aliphatic carbocycles. The van der Waals surface area contributed by atoms with Gasteiger partial charge in [-0.25, -0.2) is 4.79 Å². The van der Waals surface area contributed by atoms with Gasteiger partial charge >= 0.3 is 12.0 Å². The minimum absolute atomic E-state index is 0.0887. The van der Waals surface area contributed by atoms with E-state index in [0.29, 0.717) is 19.1 Å². The first-order valence-corrected chi connectivity index (χ1v) is 7.39. The molecule has 6 heteroatoms. The predicted molar refractivity (Wildman–Crippen MR) is 77.5 cm³/mol. The molecule has 1 aliphatic rings. The molecular formula is C14H27N3O3. The number of hydrogen-bond acceptors (Lipinski definition) is 4. The third kappa shape index (κ3) is 5.77. The molecule has 6 nitrogen and oxygen atoms in total. The standard InChI is InChI=1S/C14H27N3O3/c1-4-20-13(18)6-5-9-15-12-7-10-17(11-8-12)14(19)16(2)3/h12,15H,4-11H2,1-3H3. The van der Waals surface area contributed by atoms with E-state index in [1.54, 1.807) is 19.0 Å². The highest BCUT2D eigenvalue weighted by molar-refractivity contribution is 5.73. The first-order valence-electron chi connectivity index (χ1n) is 7.39. The Bertz CT molecular complexity index is 313. The maximum absolute atomic E-state index is 11.8. The monoisotopic (exact) mass is 285 g/mol. The van der Waals surface area contributed by atoms with Crippen LogP contribution in [0, 0.1) is 0 Å². The minimum Gasteiger partial charge on any atom is -0.466 e. The third-order valence-corrected chi connectivity index (χ3v) is 3.44. The number of nitrogens with zero attached hydrogens (tertiary/aromatic N) is 2. The molecule has 0 saturated carbocycles. The van der Waals surface area contributed by atoms with Gasteiger partial charge in [0.15, 0.2) is 0 Å². The smallest absolute Gasteiger partial charge is 0.319 e.